The molecule has 2 atom stereocenters. The molecular weight excluding hydrogens is 476 g/mol. The number of carbonyl (C=O) groups excluding carboxylic acids is 2. The summed E-state index contributed by atoms with van der Waals surface area (Å²) in [4.78, 5) is 27.0. The summed E-state index contributed by atoms with van der Waals surface area (Å²) in [6.45, 7) is 0. The lowest BCUT2D eigenvalue weighted by Gasteiger charge is -2.48. The first-order chi connectivity index (χ1) is 13.6. The number of amides is 1. The molecule has 4 rings (SSSR count). The lowest BCUT2D eigenvalue weighted by Crippen LogP contribution is -2.68. The van der Waals surface area contributed by atoms with Crippen LogP contribution < -0.4 is 5.73 Å². The van der Waals surface area contributed by atoms with Gasteiger partial charge in [-0.05, 0) is 16.7 Å². The van der Waals surface area contributed by atoms with Crippen LogP contribution >= 0.6 is 40.1 Å². The molecule has 2 aromatic carbocycles. The van der Waals surface area contributed by atoms with Crippen LogP contribution in [0.3, 0.4) is 0 Å². The molecule has 0 aliphatic carbocycles. The minimum atomic E-state index is -0.566. The molecule has 2 aromatic rings. The Bertz CT molecular complexity index is 887. The van der Waals surface area contributed by atoms with E-state index in [-0.39, 0.29) is 23.7 Å². The number of nitrogens with zero attached hydrogens (tertiary/aromatic N) is 1. The van der Waals surface area contributed by atoms with Crippen LogP contribution in [0.4, 0.5) is 0 Å². The van der Waals surface area contributed by atoms with Gasteiger partial charge >= 0.3 is 5.97 Å². The van der Waals surface area contributed by atoms with Gasteiger partial charge < -0.3 is 10.5 Å². The third-order valence-electron chi connectivity index (χ3n) is 4.87. The minimum Gasteiger partial charge on any atom is -0.448 e. The molecule has 0 saturated carbocycles. The van der Waals surface area contributed by atoms with E-state index in [0.29, 0.717) is 16.8 Å². The van der Waals surface area contributed by atoms with E-state index in [0.717, 1.165) is 16.7 Å². The van der Waals surface area contributed by atoms with E-state index in [1.165, 1.54) is 4.90 Å². The number of nitrogens with two attached hydrogens (primary N) is 1. The average molecular weight is 496 g/mol. The van der Waals surface area contributed by atoms with Crippen LogP contribution in [0.15, 0.2) is 71.9 Å². The van der Waals surface area contributed by atoms with Gasteiger partial charge in [-0.2, -0.15) is 0 Å². The van der Waals surface area contributed by atoms with Gasteiger partial charge in [0.15, 0.2) is 6.10 Å². The number of thioether (sulfide) groups is 1. The van der Waals surface area contributed by atoms with Crippen molar-refractivity contribution in [2.75, 3.05) is 11.1 Å². The van der Waals surface area contributed by atoms with E-state index in [2.05, 4.69) is 15.9 Å². The van der Waals surface area contributed by atoms with E-state index < -0.39 is 18.1 Å². The zero-order valence-corrected chi connectivity index (χ0v) is 18.6. The molecule has 2 aliphatic rings. The van der Waals surface area contributed by atoms with E-state index in [1.54, 1.807) is 11.8 Å². The number of alkyl halides is 1. The molecule has 1 amide bonds. The van der Waals surface area contributed by atoms with Crippen LogP contribution in [0.25, 0.3) is 0 Å². The lowest BCUT2D eigenvalue weighted by atomic mass is 10.0. The molecule has 1 unspecified atom stereocenters. The van der Waals surface area contributed by atoms with Crippen LogP contribution in [0.5, 0.6) is 0 Å². The maximum Gasteiger partial charge on any atom is 0.356 e. The Morgan fingerprint density at radius 2 is 1.69 bits per heavy atom. The third-order valence-corrected chi connectivity index (χ3v) is 6.91. The van der Waals surface area contributed by atoms with Gasteiger partial charge in [0.2, 0.25) is 5.91 Å². The topological polar surface area (TPSA) is 72.6 Å². The van der Waals surface area contributed by atoms with Gasteiger partial charge in [0.05, 0.1) is 0 Å². The van der Waals surface area contributed by atoms with Gasteiger partial charge in [-0.3, -0.25) is 9.69 Å². The van der Waals surface area contributed by atoms with Crippen molar-refractivity contribution in [3.8, 4) is 0 Å². The van der Waals surface area contributed by atoms with Crippen molar-refractivity contribution in [1.29, 1.82) is 0 Å². The molecule has 5 nitrogen and oxygen atoms in total. The number of ether oxygens (including phenoxy) is 1. The zero-order chi connectivity index (χ0) is 19.7. The molecule has 2 N–H and O–H groups in total. The van der Waals surface area contributed by atoms with Crippen LogP contribution in [0, 0.1) is 0 Å². The average Bonchev–Trinajstić information content (AvgIpc) is 2.76. The summed E-state index contributed by atoms with van der Waals surface area (Å²) in [6, 6.07) is 18.6. The van der Waals surface area contributed by atoms with Crippen molar-refractivity contribution >= 4 is 52.0 Å². The number of fused-ring (bicyclic) bond motifs is 1. The van der Waals surface area contributed by atoms with Gasteiger partial charge in [-0.25, -0.2) is 4.79 Å². The number of carbonyl (C=O) groups is 2. The summed E-state index contributed by atoms with van der Waals surface area (Å²) in [5.74, 6) is -0.101. The van der Waals surface area contributed by atoms with Gasteiger partial charge in [0.25, 0.3) is 0 Å². The van der Waals surface area contributed by atoms with E-state index in [1.807, 2.05) is 60.7 Å². The molecule has 0 bridgehead atoms. The number of hydrogen-bond acceptors (Lipinski definition) is 5. The molecule has 2 aliphatic heterocycles. The molecule has 152 valence electrons. The highest BCUT2D eigenvalue weighted by Crippen LogP contribution is 2.41. The number of β-lactam (4-membered cyclic amide) rings is 1. The second kappa shape index (κ2) is 9.34. The molecular formula is C21H20BrClN2O3S. The van der Waals surface area contributed by atoms with Crippen LogP contribution in [-0.2, 0) is 14.3 Å². The van der Waals surface area contributed by atoms with Crippen molar-refractivity contribution < 1.29 is 14.3 Å². The van der Waals surface area contributed by atoms with Crippen molar-refractivity contribution in [1.82, 2.24) is 4.90 Å². The largest absolute Gasteiger partial charge is 0.448 e. The van der Waals surface area contributed by atoms with E-state index in [9.17, 15) is 9.59 Å². The predicted molar refractivity (Wildman–Crippen MR) is 120 cm³/mol. The molecule has 0 radical (unpaired) electrons. The van der Waals surface area contributed by atoms with Crippen LogP contribution in [0.2, 0.25) is 0 Å². The normalized spacial score (nSPS) is 20.7. The Morgan fingerprint density at radius 3 is 2.21 bits per heavy atom. The fourth-order valence-electron chi connectivity index (χ4n) is 3.42. The number of esters is 1. The summed E-state index contributed by atoms with van der Waals surface area (Å²) < 4.78 is 5.97. The smallest absolute Gasteiger partial charge is 0.356 e. The Labute approximate surface area is 188 Å². The van der Waals surface area contributed by atoms with Crippen LogP contribution in [-0.4, -0.2) is 39.3 Å². The van der Waals surface area contributed by atoms with Gasteiger partial charge in [0.1, 0.15) is 17.1 Å². The molecule has 0 aromatic heterocycles. The quantitative estimate of drug-likeness (QED) is 0.390. The van der Waals surface area contributed by atoms with Gasteiger partial charge in [0, 0.05) is 11.1 Å². The Hall–Kier alpha value is -1.80. The second-order valence-electron chi connectivity index (χ2n) is 6.63. The van der Waals surface area contributed by atoms with E-state index >= 15 is 0 Å². The molecule has 8 heteroatoms. The number of rotatable bonds is 5. The summed E-state index contributed by atoms with van der Waals surface area (Å²) in [5.41, 5.74) is 8.82. The second-order valence-corrected chi connectivity index (χ2v) is 8.29. The van der Waals surface area contributed by atoms with Crippen molar-refractivity contribution in [3.05, 3.63) is 83.1 Å². The van der Waals surface area contributed by atoms with Crippen molar-refractivity contribution in [2.45, 2.75) is 17.5 Å². The predicted octanol–water partition coefficient (Wildman–Crippen LogP) is 3.63. The van der Waals surface area contributed by atoms with E-state index in [4.69, 9.17) is 10.5 Å². The Balaban J connectivity index is 0.00000240. The number of benzene rings is 2. The highest BCUT2D eigenvalue weighted by molar-refractivity contribution is 9.09. The summed E-state index contributed by atoms with van der Waals surface area (Å²) in [6.07, 6.45) is -0.558. The molecule has 1 saturated heterocycles. The summed E-state index contributed by atoms with van der Waals surface area (Å²) in [5, 5.41) is 0.294. The van der Waals surface area contributed by atoms with Gasteiger partial charge in [-0.15, -0.1) is 24.2 Å². The Morgan fingerprint density at radius 1 is 1.14 bits per heavy atom. The van der Waals surface area contributed by atoms with Crippen LogP contribution in [0.1, 0.15) is 17.2 Å². The standard InChI is InChI=1S/C21H19BrN2O3S.ClH/c22-11-15-12-28-20-16(23)19(25)24(20)17(15)21(26)27-18(13-7-3-1-4-8-13)14-9-5-2-6-10-14;/h1-10,16,18,20H,11-12,23H2;1H/t16?,20-;/m0./s1. The highest BCUT2D eigenvalue weighted by atomic mass is 79.9. The molecule has 2 heterocycles. The lowest BCUT2D eigenvalue weighted by molar-refractivity contribution is -0.153. The molecule has 29 heavy (non-hydrogen) atoms. The highest BCUT2D eigenvalue weighted by Gasteiger charge is 2.52. The number of hydrogen-bond donors (Lipinski definition) is 1. The van der Waals surface area contributed by atoms with Crippen molar-refractivity contribution in [2.24, 2.45) is 5.73 Å². The maximum atomic E-state index is 13.2. The fourth-order valence-corrected chi connectivity index (χ4v) is 5.44. The van der Waals surface area contributed by atoms with Crippen molar-refractivity contribution in [3.63, 3.8) is 0 Å². The Kier molecular flexibility index (Phi) is 7.05. The zero-order valence-electron chi connectivity index (χ0n) is 15.4. The maximum absolute atomic E-state index is 13.2. The van der Waals surface area contributed by atoms with Gasteiger partial charge in [-0.1, -0.05) is 76.6 Å². The third kappa shape index (κ3) is 4.10. The molecule has 0 spiro atoms. The summed E-state index contributed by atoms with van der Waals surface area (Å²) >= 11 is 5.01. The SMILES string of the molecule is Cl.NC1C(=O)N2C(C(=O)OC(c3ccccc3)c3ccccc3)=C(CBr)CS[C@@H]12. The first kappa shape index (κ1) is 21.9. The number of halogens is 2. The molecule has 1 fully saturated rings. The fraction of sp³-hybridized carbons (Fsp3) is 0.238. The summed E-state index contributed by atoms with van der Waals surface area (Å²) in [7, 11) is 0. The minimum absolute atomic E-state index is 0. The monoisotopic (exact) mass is 494 g/mol. The first-order valence-electron chi connectivity index (χ1n) is 8.91. The first-order valence-corrected chi connectivity index (χ1v) is 11.1.